The highest BCUT2D eigenvalue weighted by Crippen LogP contribution is 2.25. The van der Waals surface area contributed by atoms with Crippen LogP contribution < -0.4 is 16.4 Å². The van der Waals surface area contributed by atoms with Crippen molar-refractivity contribution in [2.75, 3.05) is 11.9 Å². The van der Waals surface area contributed by atoms with Crippen molar-refractivity contribution in [3.8, 4) is 11.3 Å². The Morgan fingerprint density at radius 1 is 0.935 bits per heavy atom. The predicted octanol–water partition coefficient (Wildman–Crippen LogP) is 3.26. The number of carbonyl (C=O) groups excluding carboxylic acids is 3. The molecule has 3 aromatic rings. The normalized spacial score (nSPS) is 10.5. The number of benzene rings is 2. The van der Waals surface area contributed by atoms with Crippen LogP contribution in [0.2, 0.25) is 0 Å². The van der Waals surface area contributed by atoms with Crippen molar-refractivity contribution in [1.82, 2.24) is 5.32 Å². The van der Waals surface area contributed by atoms with E-state index in [1.165, 1.54) is 6.07 Å². The van der Waals surface area contributed by atoms with Crippen LogP contribution in [-0.2, 0) is 16.0 Å². The van der Waals surface area contributed by atoms with E-state index in [0.717, 1.165) is 0 Å². The second-order valence-electron chi connectivity index (χ2n) is 6.81. The molecule has 160 valence electrons. The smallest absolute Gasteiger partial charge is 0.253 e. The number of para-hydroxylation sites is 1. The van der Waals surface area contributed by atoms with Gasteiger partial charge in [-0.25, -0.2) is 4.39 Å². The molecular weight excluding hydrogens is 401 g/mol. The van der Waals surface area contributed by atoms with Crippen LogP contribution in [0.4, 0.5) is 10.1 Å². The van der Waals surface area contributed by atoms with E-state index in [1.807, 2.05) is 0 Å². The van der Waals surface area contributed by atoms with E-state index in [9.17, 15) is 18.8 Å². The van der Waals surface area contributed by atoms with Gasteiger partial charge in [0.05, 0.1) is 16.8 Å². The summed E-state index contributed by atoms with van der Waals surface area (Å²) in [5.74, 6) is -0.679. The van der Waals surface area contributed by atoms with Crippen molar-refractivity contribution < 1.29 is 23.2 Å². The van der Waals surface area contributed by atoms with Crippen LogP contribution in [0.3, 0.4) is 0 Å². The molecule has 3 rings (SSSR count). The highest BCUT2D eigenvalue weighted by molar-refractivity contribution is 6.03. The lowest BCUT2D eigenvalue weighted by molar-refractivity contribution is -0.118. The number of anilines is 1. The van der Waals surface area contributed by atoms with E-state index in [2.05, 4.69) is 10.6 Å². The maximum Gasteiger partial charge on any atom is 0.253 e. The van der Waals surface area contributed by atoms with Crippen LogP contribution in [0.25, 0.3) is 11.3 Å². The number of rotatable bonds is 9. The molecule has 0 aliphatic carbocycles. The first-order valence-corrected chi connectivity index (χ1v) is 9.73. The van der Waals surface area contributed by atoms with Crippen molar-refractivity contribution in [2.24, 2.45) is 5.73 Å². The summed E-state index contributed by atoms with van der Waals surface area (Å²) in [4.78, 5) is 35.5. The van der Waals surface area contributed by atoms with E-state index >= 15 is 0 Å². The minimum atomic E-state index is -0.516. The first kappa shape index (κ1) is 21.8. The second-order valence-corrected chi connectivity index (χ2v) is 6.81. The van der Waals surface area contributed by atoms with Crippen molar-refractivity contribution in [3.05, 3.63) is 77.8 Å². The van der Waals surface area contributed by atoms with Gasteiger partial charge >= 0.3 is 0 Å². The van der Waals surface area contributed by atoms with Crippen LogP contribution in [0.1, 0.15) is 29.0 Å². The van der Waals surface area contributed by atoms with Crippen LogP contribution in [-0.4, -0.2) is 24.3 Å². The minimum Gasteiger partial charge on any atom is -0.461 e. The SMILES string of the molecule is NC(=O)CCNC(=O)c1ccccc1NC(=O)CCc1ccc(-c2ccccc2F)o1. The zero-order chi connectivity index (χ0) is 22.2. The Balaban J connectivity index is 1.58. The quantitative estimate of drug-likeness (QED) is 0.490. The molecule has 0 saturated heterocycles. The monoisotopic (exact) mass is 423 g/mol. The number of aryl methyl sites for hydroxylation is 1. The third-order valence-corrected chi connectivity index (χ3v) is 4.50. The third-order valence-electron chi connectivity index (χ3n) is 4.50. The van der Waals surface area contributed by atoms with Crippen molar-refractivity contribution in [3.63, 3.8) is 0 Å². The molecule has 1 heterocycles. The molecule has 0 bridgehead atoms. The van der Waals surface area contributed by atoms with E-state index < -0.39 is 11.8 Å². The summed E-state index contributed by atoms with van der Waals surface area (Å²) in [7, 11) is 0. The van der Waals surface area contributed by atoms with E-state index in [0.29, 0.717) is 29.2 Å². The average molecular weight is 423 g/mol. The highest BCUT2D eigenvalue weighted by Gasteiger charge is 2.14. The molecule has 0 radical (unpaired) electrons. The fraction of sp³-hybridized carbons (Fsp3) is 0.174. The lowest BCUT2D eigenvalue weighted by atomic mass is 10.1. The summed E-state index contributed by atoms with van der Waals surface area (Å²) < 4.78 is 19.5. The maximum absolute atomic E-state index is 13.9. The molecule has 0 aliphatic heterocycles. The lowest BCUT2D eigenvalue weighted by Gasteiger charge is -2.11. The van der Waals surface area contributed by atoms with Gasteiger partial charge in [0.15, 0.2) is 0 Å². The van der Waals surface area contributed by atoms with Crippen LogP contribution in [0, 0.1) is 5.82 Å². The number of halogens is 1. The van der Waals surface area contributed by atoms with Gasteiger partial charge in [0, 0.05) is 25.8 Å². The van der Waals surface area contributed by atoms with Crippen molar-refractivity contribution in [2.45, 2.75) is 19.3 Å². The predicted molar refractivity (Wildman–Crippen MR) is 114 cm³/mol. The molecule has 0 aliphatic rings. The minimum absolute atomic E-state index is 0.0261. The van der Waals surface area contributed by atoms with Crippen LogP contribution in [0.15, 0.2) is 65.1 Å². The van der Waals surface area contributed by atoms with Gasteiger partial charge < -0.3 is 20.8 Å². The highest BCUT2D eigenvalue weighted by atomic mass is 19.1. The molecule has 8 heteroatoms. The Morgan fingerprint density at radius 2 is 1.68 bits per heavy atom. The van der Waals surface area contributed by atoms with Crippen LogP contribution in [0.5, 0.6) is 0 Å². The van der Waals surface area contributed by atoms with Gasteiger partial charge in [0.1, 0.15) is 17.3 Å². The largest absolute Gasteiger partial charge is 0.461 e. The number of hydrogen-bond donors (Lipinski definition) is 3. The number of hydrogen-bond acceptors (Lipinski definition) is 4. The number of nitrogens with one attached hydrogen (secondary N) is 2. The number of primary amides is 1. The number of amides is 3. The third kappa shape index (κ3) is 6.02. The van der Waals surface area contributed by atoms with Gasteiger partial charge in [-0.2, -0.15) is 0 Å². The summed E-state index contributed by atoms with van der Waals surface area (Å²) in [6.07, 6.45) is 0.452. The van der Waals surface area contributed by atoms with Gasteiger partial charge in [-0.1, -0.05) is 24.3 Å². The number of furan rings is 1. The molecule has 0 atom stereocenters. The number of carbonyl (C=O) groups is 3. The summed E-state index contributed by atoms with van der Waals surface area (Å²) >= 11 is 0. The molecule has 1 aromatic heterocycles. The summed E-state index contributed by atoms with van der Waals surface area (Å²) in [5.41, 5.74) is 6.05. The summed E-state index contributed by atoms with van der Waals surface area (Å²) in [6, 6.07) is 16.2. The van der Waals surface area contributed by atoms with Gasteiger partial charge in [0.2, 0.25) is 11.8 Å². The van der Waals surface area contributed by atoms with Gasteiger partial charge in [0.25, 0.3) is 5.91 Å². The molecule has 3 amide bonds. The fourth-order valence-electron chi connectivity index (χ4n) is 2.95. The first-order valence-electron chi connectivity index (χ1n) is 9.73. The van der Waals surface area contributed by atoms with Gasteiger partial charge in [-0.05, 0) is 36.4 Å². The fourth-order valence-corrected chi connectivity index (χ4v) is 2.95. The Labute approximate surface area is 178 Å². The molecular formula is C23H22FN3O4. The molecule has 0 saturated carbocycles. The Morgan fingerprint density at radius 3 is 2.45 bits per heavy atom. The van der Waals surface area contributed by atoms with Crippen molar-refractivity contribution in [1.29, 1.82) is 0 Å². The zero-order valence-electron chi connectivity index (χ0n) is 16.7. The van der Waals surface area contributed by atoms with Gasteiger partial charge in [-0.15, -0.1) is 0 Å². The molecule has 2 aromatic carbocycles. The molecule has 0 unspecified atom stereocenters. The average Bonchev–Trinajstić information content (AvgIpc) is 3.21. The molecule has 0 spiro atoms. The molecule has 31 heavy (non-hydrogen) atoms. The van der Waals surface area contributed by atoms with Crippen molar-refractivity contribution >= 4 is 23.4 Å². The zero-order valence-corrected chi connectivity index (χ0v) is 16.7. The topological polar surface area (TPSA) is 114 Å². The van der Waals surface area contributed by atoms with E-state index in [1.54, 1.807) is 54.6 Å². The van der Waals surface area contributed by atoms with E-state index in [4.69, 9.17) is 10.2 Å². The Bertz CT molecular complexity index is 1090. The maximum atomic E-state index is 13.9. The lowest BCUT2D eigenvalue weighted by Crippen LogP contribution is -2.28. The summed E-state index contributed by atoms with van der Waals surface area (Å²) in [6.45, 7) is 0.110. The first-order chi connectivity index (χ1) is 14.9. The molecule has 0 fully saturated rings. The van der Waals surface area contributed by atoms with E-state index in [-0.39, 0.29) is 36.7 Å². The standard InChI is InChI=1S/C23H22FN3O4/c24-18-7-3-1-5-16(18)20-11-9-15(31-20)10-12-22(29)27-19-8-4-2-6-17(19)23(30)26-14-13-21(25)28/h1-9,11H,10,12-14H2,(H2,25,28)(H,26,30)(H,27,29). The second kappa shape index (κ2) is 10.2. The van der Waals surface area contributed by atoms with Gasteiger partial charge in [-0.3, -0.25) is 14.4 Å². The Kier molecular flexibility index (Phi) is 7.16. The Hall–Kier alpha value is -3.94. The van der Waals surface area contributed by atoms with Crippen LogP contribution >= 0.6 is 0 Å². The summed E-state index contributed by atoms with van der Waals surface area (Å²) in [5, 5.41) is 5.30. The number of nitrogens with two attached hydrogens (primary N) is 1. The molecule has 7 nitrogen and oxygen atoms in total. The molecule has 4 N–H and O–H groups in total.